The van der Waals surface area contributed by atoms with Gasteiger partial charge in [0.25, 0.3) is 5.91 Å². The molecule has 0 aliphatic carbocycles. The number of carbonyl (C=O) groups is 2. The minimum absolute atomic E-state index is 0.210. The quantitative estimate of drug-likeness (QED) is 0.521. The van der Waals surface area contributed by atoms with Gasteiger partial charge in [-0.05, 0) is 30.5 Å². The zero-order chi connectivity index (χ0) is 18.3. The minimum atomic E-state index is -1.06. The van der Waals surface area contributed by atoms with Crippen molar-refractivity contribution in [3.63, 3.8) is 0 Å². The van der Waals surface area contributed by atoms with E-state index < -0.39 is 17.9 Å². The van der Waals surface area contributed by atoms with Crippen LogP contribution in [0.4, 0.5) is 5.69 Å². The lowest BCUT2D eigenvalue weighted by Gasteiger charge is -2.16. The highest BCUT2D eigenvalue weighted by atomic mass is 16.5. The molecule has 0 radical (unpaired) electrons. The SMILES string of the molecule is COc1ccc(C)cc1NC(=O)/C(C#N)=C\NC(C(=O)O)C(C)C. The van der Waals surface area contributed by atoms with E-state index in [2.05, 4.69) is 10.6 Å². The first-order valence-electron chi connectivity index (χ1n) is 7.35. The summed E-state index contributed by atoms with van der Waals surface area (Å²) in [5.74, 6) is -1.45. The molecule has 1 atom stereocenters. The Kier molecular flexibility index (Phi) is 6.80. The third-order valence-electron chi connectivity index (χ3n) is 3.31. The molecule has 128 valence electrons. The van der Waals surface area contributed by atoms with Gasteiger partial charge >= 0.3 is 5.97 Å². The van der Waals surface area contributed by atoms with Crippen LogP contribution in [0.5, 0.6) is 5.75 Å². The number of carbonyl (C=O) groups excluding carboxylic acids is 1. The number of hydrogen-bond acceptors (Lipinski definition) is 5. The van der Waals surface area contributed by atoms with E-state index in [4.69, 9.17) is 15.1 Å². The van der Waals surface area contributed by atoms with Gasteiger partial charge in [0.05, 0.1) is 12.8 Å². The monoisotopic (exact) mass is 331 g/mol. The van der Waals surface area contributed by atoms with E-state index in [9.17, 15) is 9.59 Å². The Labute approximate surface area is 140 Å². The molecule has 1 aromatic carbocycles. The van der Waals surface area contributed by atoms with Crippen LogP contribution in [0.25, 0.3) is 0 Å². The topological polar surface area (TPSA) is 111 Å². The summed E-state index contributed by atoms with van der Waals surface area (Å²) in [6.45, 7) is 5.31. The van der Waals surface area contributed by atoms with Gasteiger partial charge in [-0.2, -0.15) is 5.26 Å². The predicted octanol–water partition coefficient (Wildman–Crippen LogP) is 2.05. The highest BCUT2D eigenvalue weighted by Gasteiger charge is 2.21. The highest BCUT2D eigenvalue weighted by Crippen LogP contribution is 2.25. The van der Waals surface area contributed by atoms with Crippen molar-refractivity contribution in [2.45, 2.75) is 26.8 Å². The van der Waals surface area contributed by atoms with E-state index in [0.29, 0.717) is 11.4 Å². The van der Waals surface area contributed by atoms with Gasteiger partial charge in [0.2, 0.25) is 0 Å². The summed E-state index contributed by atoms with van der Waals surface area (Å²) in [6, 6.07) is 6.12. The Morgan fingerprint density at radius 1 is 1.38 bits per heavy atom. The Balaban J connectivity index is 2.95. The van der Waals surface area contributed by atoms with Crippen LogP contribution in [-0.4, -0.2) is 30.1 Å². The summed E-state index contributed by atoms with van der Waals surface area (Å²) in [6.07, 6.45) is 1.12. The van der Waals surface area contributed by atoms with Gasteiger partial charge < -0.3 is 20.5 Å². The lowest BCUT2D eigenvalue weighted by atomic mass is 10.1. The number of benzene rings is 1. The molecule has 1 amide bonds. The van der Waals surface area contributed by atoms with Gasteiger partial charge in [0.15, 0.2) is 0 Å². The molecule has 1 unspecified atom stereocenters. The van der Waals surface area contributed by atoms with Crippen LogP contribution in [0.15, 0.2) is 30.0 Å². The molecule has 0 saturated heterocycles. The second kappa shape index (κ2) is 8.58. The van der Waals surface area contributed by atoms with Crippen molar-refractivity contribution in [1.29, 1.82) is 5.26 Å². The molecule has 0 heterocycles. The van der Waals surface area contributed by atoms with Crippen LogP contribution in [0.3, 0.4) is 0 Å². The summed E-state index contributed by atoms with van der Waals surface area (Å²) >= 11 is 0. The summed E-state index contributed by atoms with van der Waals surface area (Å²) in [5.41, 5.74) is 1.12. The van der Waals surface area contributed by atoms with Crippen molar-refractivity contribution in [3.8, 4) is 11.8 Å². The van der Waals surface area contributed by atoms with Crippen LogP contribution in [0.1, 0.15) is 19.4 Å². The Morgan fingerprint density at radius 2 is 2.04 bits per heavy atom. The number of rotatable bonds is 7. The number of nitrogens with one attached hydrogen (secondary N) is 2. The molecule has 0 aliphatic heterocycles. The molecule has 0 spiro atoms. The molecule has 3 N–H and O–H groups in total. The third kappa shape index (κ3) is 5.02. The van der Waals surface area contributed by atoms with Crippen molar-refractivity contribution >= 4 is 17.6 Å². The van der Waals surface area contributed by atoms with Gasteiger partial charge in [-0.1, -0.05) is 19.9 Å². The van der Waals surface area contributed by atoms with Crippen molar-refractivity contribution in [1.82, 2.24) is 5.32 Å². The molecular formula is C17H21N3O4. The smallest absolute Gasteiger partial charge is 0.326 e. The molecule has 0 aliphatic rings. The number of nitriles is 1. The van der Waals surface area contributed by atoms with Crippen molar-refractivity contribution in [2.24, 2.45) is 5.92 Å². The molecule has 0 aromatic heterocycles. The minimum Gasteiger partial charge on any atom is -0.495 e. The fourth-order valence-electron chi connectivity index (χ4n) is 1.98. The number of aryl methyl sites for hydroxylation is 1. The van der Waals surface area contributed by atoms with Crippen LogP contribution in [0, 0.1) is 24.2 Å². The summed E-state index contributed by atoms with van der Waals surface area (Å²) in [7, 11) is 1.48. The Morgan fingerprint density at radius 3 is 2.54 bits per heavy atom. The molecular weight excluding hydrogens is 310 g/mol. The number of ether oxygens (including phenoxy) is 1. The van der Waals surface area contributed by atoms with E-state index in [1.807, 2.05) is 13.0 Å². The second-order valence-electron chi connectivity index (χ2n) is 5.55. The van der Waals surface area contributed by atoms with Crippen LogP contribution in [0.2, 0.25) is 0 Å². The lowest BCUT2D eigenvalue weighted by Crippen LogP contribution is -2.38. The zero-order valence-electron chi connectivity index (χ0n) is 14.1. The van der Waals surface area contributed by atoms with Crippen molar-refractivity contribution in [2.75, 3.05) is 12.4 Å². The lowest BCUT2D eigenvalue weighted by molar-refractivity contribution is -0.140. The fraction of sp³-hybridized carbons (Fsp3) is 0.353. The van der Waals surface area contributed by atoms with E-state index in [1.165, 1.54) is 7.11 Å². The third-order valence-corrected chi connectivity index (χ3v) is 3.31. The first kappa shape index (κ1) is 19.0. The largest absolute Gasteiger partial charge is 0.495 e. The average molecular weight is 331 g/mol. The fourth-order valence-corrected chi connectivity index (χ4v) is 1.98. The first-order valence-corrected chi connectivity index (χ1v) is 7.35. The number of carboxylic acid groups (broad SMARTS) is 1. The Hall–Kier alpha value is -3.01. The number of methoxy groups -OCH3 is 1. The van der Waals surface area contributed by atoms with Crippen molar-refractivity contribution in [3.05, 3.63) is 35.5 Å². The van der Waals surface area contributed by atoms with Crippen molar-refractivity contribution < 1.29 is 19.4 Å². The molecule has 24 heavy (non-hydrogen) atoms. The number of amides is 1. The van der Waals surface area contributed by atoms with Gasteiger partial charge in [0, 0.05) is 6.20 Å². The van der Waals surface area contributed by atoms with Gasteiger partial charge in [0.1, 0.15) is 23.4 Å². The maximum atomic E-state index is 12.2. The summed E-state index contributed by atoms with van der Waals surface area (Å²) < 4.78 is 5.17. The number of aliphatic carboxylic acids is 1. The average Bonchev–Trinajstić information content (AvgIpc) is 2.50. The Bertz CT molecular complexity index is 690. The normalized spacial score (nSPS) is 12.2. The molecule has 1 aromatic rings. The maximum absolute atomic E-state index is 12.2. The van der Waals surface area contributed by atoms with E-state index in [-0.39, 0.29) is 11.5 Å². The zero-order valence-corrected chi connectivity index (χ0v) is 14.1. The number of anilines is 1. The summed E-state index contributed by atoms with van der Waals surface area (Å²) in [4.78, 5) is 23.4. The van der Waals surface area contributed by atoms with E-state index >= 15 is 0 Å². The maximum Gasteiger partial charge on any atom is 0.326 e. The van der Waals surface area contributed by atoms with Crippen LogP contribution < -0.4 is 15.4 Å². The van der Waals surface area contributed by atoms with E-state index in [0.717, 1.165) is 11.8 Å². The summed E-state index contributed by atoms with van der Waals surface area (Å²) in [5, 5.41) is 23.5. The molecule has 7 heteroatoms. The molecule has 1 rings (SSSR count). The number of carboxylic acids is 1. The highest BCUT2D eigenvalue weighted by molar-refractivity contribution is 6.07. The van der Waals surface area contributed by atoms with E-state index in [1.54, 1.807) is 32.0 Å². The second-order valence-corrected chi connectivity index (χ2v) is 5.55. The molecule has 0 saturated carbocycles. The van der Waals surface area contributed by atoms with Crippen LogP contribution >= 0.6 is 0 Å². The first-order chi connectivity index (χ1) is 11.3. The van der Waals surface area contributed by atoms with Gasteiger partial charge in [-0.25, -0.2) is 4.79 Å². The number of hydrogen-bond donors (Lipinski definition) is 3. The van der Waals surface area contributed by atoms with Gasteiger partial charge in [-0.3, -0.25) is 4.79 Å². The molecule has 0 bridgehead atoms. The molecule has 7 nitrogen and oxygen atoms in total. The molecule has 0 fully saturated rings. The van der Waals surface area contributed by atoms with Gasteiger partial charge in [-0.15, -0.1) is 0 Å². The van der Waals surface area contributed by atoms with Crippen LogP contribution in [-0.2, 0) is 9.59 Å². The number of nitrogens with zero attached hydrogens (tertiary/aromatic N) is 1. The standard InChI is InChI=1S/C17H21N3O4/c1-10(2)15(17(22)23)19-9-12(8-18)16(21)20-13-7-11(3)5-6-14(13)24-4/h5-7,9-10,15,19H,1-4H3,(H,20,21)(H,22,23)/b12-9-. The predicted molar refractivity (Wildman–Crippen MR) is 89.5 cm³/mol.